The predicted octanol–water partition coefficient (Wildman–Crippen LogP) is 3.37. The molecule has 30 heavy (non-hydrogen) atoms. The van der Waals surface area contributed by atoms with E-state index in [1.807, 2.05) is 55.1 Å². The van der Waals surface area contributed by atoms with Gasteiger partial charge in [-0.2, -0.15) is 0 Å². The minimum atomic E-state index is -0.812. The van der Waals surface area contributed by atoms with E-state index in [-0.39, 0.29) is 25.7 Å². The number of para-hydroxylation sites is 1. The predicted molar refractivity (Wildman–Crippen MR) is 118 cm³/mol. The number of hydrogen-bond donors (Lipinski definition) is 2. The second-order valence-corrected chi connectivity index (χ2v) is 8.38. The number of ether oxygens (including phenoxy) is 3. The van der Waals surface area contributed by atoms with Crippen molar-refractivity contribution in [3.05, 3.63) is 47.5 Å². The molecule has 2 aromatic carbocycles. The third-order valence-electron chi connectivity index (χ3n) is 4.86. The van der Waals surface area contributed by atoms with Crippen LogP contribution >= 0.6 is 11.8 Å². The molecule has 3 rings (SSSR count). The van der Waals surface area contributed by atoms with Crippen molar-refractivity contribution in [2.24, 2.45) is 0 Å². The highest BCUT2D eigenvalue weighted by Gasteiger charge is 2.16. The van der Waals surface area contributed by atoms with Crippen LogP contribution in [-0.4, -0.2) is 49.7 Å². The molecule has 6 nitrogen and oxygen atoms in total. The first-order valence-corrected chi connectivity index (χ1v) is 11.1. The van der Waals surface area contributed by atoms with E-state index in [1.54, 1.807) is 7.11 Å². The minimum Gasteiger partial charge on any atom is -0.493 e. The number of aryl methyl sites for hydroxylation is 2. The number of aliphatic hydroxyl groups is 1. The Morgan fingerprint density at radius 1 is 1.17 bits per heavy atom. The van der Waals surface area contributed by atoms with Gasteiger partial charge < -0.3 is 24.6 Å². The lowest BCUT2D eigenvalue weighted by Gasteiger charge is -2.16. The third kappa shape index (κ3) is 6.31. The number of amides is 1. The van der Waals surface area contributed by atoms with E-state index >= 15 is 0 Å². The smallest absolute Gasteiger partial charge is 0.258 e. The van der Waals surface area contributed by atoms with Crippen LogP contribution in [-0.2, 0) is 11.2 Å². The van der Waals surface area contributed by atoms with E-state index in [0.717, 1.165) is 29.9 Å². The van der Waals surface area contributed by atoms with Crippen LogP contribution in [0, 0.1) is 6.92 Å². The lowest BCUT2D eigenvalue weighted by molar-refractivity contribution is -0.123. The Balaban J connectivity index is 1.46. The standard InChI is InChI=1S/C23H29NO5S/c1-16-7-3-4-9-19(16)28-14-18(25)13-24-23(26)15-29-21-11-17-8-5-6-10-30-22(17)12-20(21)27-2/h3-4,7,9,11-12,18,25H,5-6,8,10,13-15H2,1-2H3,(H,24,26). The van der Waals surface area contributed by atoms with Gasteiger partial charge in [-0.25, -0.2) is 0 Å². The molecule has 0 aliphatic carbocycles. The number of fused-ring (bicyclic) bond motifs is 1. The van der Waals surface area contributed by atoms with Gasteiger partial charge in [0.2, 0.25) is 0 Å². The largest absolute Gasteiger partial charge is 0.493 e. The van der Waals surface area contributed by atoms with Crippen molar-refractivity contribution < 1.29 is 24.1 Å². The molecule has 1 atom stereocenters. The van der Waals surface area contributed by atoms with Crippen molar-refractivity contribution in [1.82, 2.24) is 5.32 Å². The fourth-order valence-corrected chi connectivity index (χ4v) is 4.28. The number of thioether (sulfide) groups is 1. The van der Waals surface area contributed by atoms with E-state index in [0.29, 0.717) is 11.5 Å². The second kappa shape index (κ2) is 11.1. The highest BCUT2D eigenvalue weighted by atomic mass is 32.2. The van der Waals surface area contributed by atoms with Gasteiger partial charge in [0.05, 0.1) is 7.11 Å². The number of carbonyl (C=O) groups is 1. The molecular weight excluding hydrogens is 402 g/mol. The molecule has 0 saturated heterocycles. The van der Waals surface area contributed by atoms with Crippen molar-refractivity contribution in [1.29, 1.82) is 0 Å². The van der Waals surface area contributed by atoms with E-state index in [1.165, 1.54) is 16.9 Å². The summed E-state index contributed by atoms with van der Waals surface area (Å²) in [5.74, 6) is 2.71. The molecule has 1 unspecified atom stereocenters. The van der Waals surface area contributed by atoms with Gasteiger partial charge in [-0.3, -0.25) is 4.79 Å². The van der Waals surface area contributed by atoms with E-state index in [4.69, 9.17) is 14.2 Å². The highest BCUT2D eigenvalue weighted by Crippen LogP contribution is 2.38. The molecule has 0 spiro atoms. The molecule has 1 aliphatic heterocycles. The fourth-order valence-electron chi connectivity index (χ4n) is 3.17. The Hall–Kier alpha value is -2.38. The number of methoxy groups -OCH3 is 1. The van der Waals surface area contributed by atoms with Crippen LogP contribution in [0.5, 0.6) is 17.2 Å². The van der Waals surface area contributed by atoms with Crippen LogP contribution in [0.3, 0.4) is 0 Å². The molecular formula is C23H29NO5S. The summed E-state index contributed by atoms with van der Waals surface area (Å²) >= 11 is 1.83. The van der Waals surface area contributed by atoms with Crippen LogP contribution in [0.1, 0.15) is 24.0 Å². The third-order valence-corrected chi connectivity index (χ3v) is 6.05. The van der Waals surface area contributed by atoms with E-state index in [9.17, 15) is 9.90 Å². The van der Waals surface area contributed by atoms with E-state index in [2.05, 4.69) is 5.32 Å². The second-order valence-electron chi connectivity index (χ2n) is 7.24. The molecule has 2 N–H and O–H groups in total. The summed E-state index contributed by atoms with van der Waals surface area (Å²) in [6.07, 6.45) is 2.53. The molecule has 1 heterocycles. The first-order chi connectivity index (χ1) is 14.6. The van der Waals surface area contributed by atoms with Gasteiger partial charge in [0, 0.05) is 11.4 Å². The van der Waals surface area contributed by atoms with E-state index < -0.39 is 6.10 Å². The Morgan fingerprint density at radius 3 is 2.80 bits per heavy atom. The molecule has 1 aliphatic rings. The normalized spacial score (nSPS) is 14.2. The van der Waals surface area contributed by atoms with Gasteiger partial charge in [-0.1, -0.05) is 18.2 Å². The number of rotatable bonds is 9. The van der Waals surface area contributed by atoms with Gasteiger partial charge in [-0.15, -0.1) is 11.8 Å². The molecule has 0 fully saturated rings. The van der Waals surface area contributed by atoms with Crippen molar-refractivity contribution in [3.8, 4) is 17.2 Å². The fraction of sp³-hybridized carbons (Fsp3) is 0.435. The zero-order valence-corrected chi connectivity index (χ0v) is 18.3. The maximum atomic E-state index is 12.2. The molecule has 0 aromatic heterocycles. The Kier molecular flexibility index (Phi) is 8.28. The lowest BCUT2D eigenvalue weighted by atomic mass is 10.1. The molecule has 1 amide bonds. The number of aliphatic hydroxyl groups excluding tert-OH is 1. The van der Waals surface area contributed by atoms with Crippen molar-refractivity contribution >= 4 is 17.7 Å². The van der Waals surface area contributed by atoms with Crippen LogP contribution in [0.25, 0.3) is 0 Å². The number of benzene rings is 2. The molecule has 0 saturated carbocycles. The minimum absolute atomic E-state index is 0.0893. The van der Waals surface area contributed by atoms with Crippen LogP contribution in [0.4, 0.5) is 0 Å². The summed E-state index contributed by atoms with van der Waals surface area (Å²) in [5, 5.41) is 12.7. The maximum Gasteiger partial charge on any atom is 0.258 e. The summed E-state index contributed by atoms with van der Waals surface area (Å²) in [4.78, 5) is 13.4. The van der Waals surface area contributed by atoms with Crippen LogP contribution in [0.15, 0.2) is 41.3 Å². The van der Waals surface area contributed by atoms with Gasteiger partial charge in [0.1, 0.15) is 18.5 Å². The Labute approximate surface area is 181 Å². The topological polar surface area (TPSA) is 77.0 Å². The van der Waals surface area contributed by atoms with Crippen molar-refractivity contribution in [2.45, 2.75) is 37.2 Å². The number of hydrogen-bond acceptors (Lipinski definition) is 6. The van der Waals surface area contributed by atoms with Crippen LogP contribution in [0.2, 0.25) is 0 Å². The molecule has 162 valence electrons. The van der Waals surface area contributed by atoms with Gasteiger partial charge in [-0.05, 0) is 61.3 Å². The maximum absolute atomic E-state index is 12.2. The number of nitrogens with one attached hydrogen (secondary N) is 1. The molecule has 0 radical (unpaired) electrons. The zero-order valence-electron chi connectivity index (χ0n) is 17.5. The summed E-state index contributed by atoms with van der Waals surface area (Å²) in [6, 6.07) is 11.6. The van der Waals surface area contributed by atoms with Gasteiger partial charge in [0.15, 0.2) is 18.1 Å². The van der Waals surface area contributed by atoms with Gasteiger partial charge in [0.25, 0.3) is 5.91 Å². The average molecular weight is 432 g/mol. The summed E-state index contributed by atoms with van der Waals surface area (Å²) in [6.45, 7) is 1.98. The monoisotopic (exact) mass is 431 g/mol. The first kappa shape index (κ1) is 22.3. The van der Waals surface area contributed by atoms with Crippen molar-refractivity contribution in [3.63, 3.8) is 0 Å². The summed E-state index contributed by atoms with van der Waals surface area (Å²) < 4.78 is 16.8. The molecule has 7 heteroatoms. The van der Waals surface area contributed by atoms with Gasteiger partial charge >= 0.3 is 0 Å². The first-order valence-electron chi connectivity index (χ1n) is 10.2. The lowest BCUT2D eigenvalue weighted by Crippen LogP contribution is -2.37. The zero-order chi connectivity index (χ0) is 21.3. The quantitative estimate of drug-likeness (QED) is 0.634. The SMILES string of the molecule is COc1cc2c(cc1OCC(=O)NCC(O)COc1ccccc1C)CCCCS2. The Bertz CT molecular complexity index is 857. The number of carbonyl (C=O) groups excluding carboxylic acids is 1. The van der Waals surface area contributed by atoms with Crippen LogP contribution < -0.4 is 19.5 Å². The Morgan fingerprint density at radius 2 is 2.00 bits per heavy atom. The van der Waals surface area contributed by atoms with Crippen molar-refractivity contribution in [2.75, 3.05) is 32.6 Å². The highest BCUT2D eigenvalue weighted by molar-refractivity contribution is 7.99. The molecule has 0 bridgehead atoms. The summed E-state index contributed by atoms with van der Waals surface area (Å²) in [5.41, 5.74) is 2.23. The average Bonchev–Trinajstić information content (AvgIpc) is 2.99. The molecule has 2 aromatic rings. The summed E-state index contributed by atoms with van der Waals surface area (Å²) in [7, 11) is 1.60.